The Hall–Kier alpha value is -4.88. The number of anilines is 2. The highest BCUT2D eigenvalue weighted by Crippen LogP contribution is 2.35. The predicted octanol–water partition coefficient (Wildman–Crippen LogP) is 10.3. The highest BCUT2D eigenvalue weighted by atomic mass is 15.1. The summed E-state index contributed by atoms with van der Waals surface area (Å²) < 4.78 is 0. The molecule has 0 spiro atoms. The van der Waals surface area contributed by atoms with Crippen LogP contribution in [0.25, 0.3) is 27.8 Å². The Labute approximate surface area is 226 Å². The van der Waals surface area contributed by atoms with Crippen LogP contribution in [0.3, 0.4) is 0 Å². The fraction of sp³-hybridized carbons (Fsp3) is 0.0270. The van der Waals surface area contributed by atoms with Gasteiger partial charge in [0.15, 0.2) is 0 Å². The van der Waals surface area contributed by atoms with E-state index in [-0.39, 0.29) is 0 Å². The van der Waals surface area contributed by atoms with Gasteiger partial charge in [0.2, 0.25) is 0 Å². The van der Waals surface area contributed by atoms with Gasteiger partial charge in [0.05, 0.1) is 0 Å². The van der Waals surface area contributed by atoms with E-state index in [0.717, 1.165) is 28.2 Å². The molecule has 0 aliphatic carbocycles. The Morgan fingerprint density at radius 2 is 1.00 bits per heavy atom. The molecule has 5 aromatic rings. The minimum atomic E-state index is 0.985. The van der Waals surface area contributed by atoms with Gasteiger partial charge in [0.25, 0.3) is 0 Å². The van der Waals surface area contributed by atoms with Crippen LogP contribution in [-0.4, -0.2) is 0 Å². The van der Waals surface area contributed by atoms with Crippen molar-refractivity contribution in [3.05, 3.63) is 176 Å². The molecule has 1 nitrogen and oxygen atoms in total. The molecule has 184 valence electrons. The molecule has 5 aromatic carbocycles. The maximum Gasteiger partial charge on any atom is 0.0464 e. The topological polar surface area (TPSA) is 3.24 Å². The van der Waals surface area contributed by atoms with Gasteiger partial charge in [-0.3, -0.25) is 0 Å². The van der Waals surface area contributed by atoms with E-state index in [0.29, 0.717) is 0 Å². The second kappa shape index (κ2) is 11.9. The van der Waals surface area contributed by atoms with Gasteiger partial charge >= 0.3 is 0 Å². The summed E-state index contributed by atoms with van der Waals surface area (Å²) in [6.45, 7) is 6.40. The zero-order valence-corrected chi connectivity index (χ0v) is 21.7. The van der Waals surface area contributed by atoms with Crippen molar-refractivity contribution in [2.75, 3.05) is 4.90 Å². The van der Waals surface area contributed by atoms with Gasteiger partial charge in [-0.1, -0.05) is 134 Å². The summed E-state index contributed by atoms with van der Waals surface area (Å²) in [6.07, 6.45) is 6.30. The normalized spacial score (nSPS) is 11.4. The molecule has 0 aliphatic heterocycles. The van der Waals surface area contributed by atoms with Crippen LogP contribution in [-0.2, 0) is 0 Å². The van der Waals surface area contributed by atoms with Gasteiger partial charge in [-0.15, -0.1) is 0 Å². The summed E-state index contributed by atoms with van der Waals surface area (Å²) in [4.78, 5) is 2.31. The Bertz CT molecular complexity index is 1480. The molecule has 5 rings (SSSR count). The van der Waals surface area contributed by atoms with Crippen LogP contribution in [0.4, 0.5) is 11.4 Å². The maximum absolute atomic E-state index is 4.24. The van der Waals surface area contributed by atoms with Crippen molar-refractivity contribution in [3.8, 4) is 22.3 Å². The third-order valence-electron chi connectivity index (χ3n) is 6.56. The second-order valence-electron chi connectivity index (χ2n) is 9.23. The molecule has 0 aromatic heterocycles. The first-order valence-corrected chi connectivity index (χ1v) is 12.9. The van der Waals surface area contributed by atoms with Crippen molar-refractivity contribution in [2.45, 2.75) is 6.92 Å². The standard InChI is InChI=1S/C37H31N/c1-29(31-17-6-3-7-18-31)15-12-16-30(2)38(36-25-13-23-34(27-36)32-19-8-4-9-20-32)37-26-14-24-35(28-37)33-21-10-5-11-22-33/h3-28H,1H2,2H3/b15-12-,30-16+. The zero-order valence-electron chi connectivity index (χ0n) is 21.7. The van der Waals surface area contributed by atoms with E-state index in [4.69, 9.17) is 0 Å². The van der Waals surface area contributed by atoms with E-state index in [1.54, 1.807) is 0 Å². The van der Waals surface area contributed by atoms with Crippen LogP contribution >= 0.6 is 0 Å². The van der Waals surface area contributed by atoms with Crippen molar-refractivity contribution >= 4 is 16.9 Å². The van der Waals surface area contributed by atoms with Crippen LogP contribution in [0, 0.1) is 0 Å². The van der Waals surface area contributed by atoms with Gasteiger partial charge in [-0.25, -0.2) is 0 Å². The summed E-state index contributed by atoms with van der Waals surface area (Å²) in [6, 6.07) is 48.8. The van der Waals surface area contributed by atoms with Crippen molar-refractivity contribution < 1.29 is 0 Å². The molecule has 0 fully saturated rings. The van der Waals surface area contributed by atoms with Crippen LogP contribution in [0.15, 0.2) is 170 Å². The molecule has 1 heteroatoms. The number of nitrogens with zero attached hydrogens (tertiary/aromatic N) is 1. The SMILES string of the molecule is C=C(/C=C\C=C(/C)N(c1cccc(-c2ccccc2)c1)c1cccc(-c2ccccc2)c1)c1ccccc1. The van der Waals surface area contributed by atoms with E-state index in [9.17, 15) is 0 Å². The van der Waals surface area contributed by atoms with E-state index in [2.05, 4.69) is 158 Å². The van der Waals surface area contributed by atoms with E-state index in [1.807, 2.05) is 18.2 Å². The number of rotatable bonds is 8. The number of allylic oxidation sites excluding steroid dienone is 5. The fourth-order valence-electron chi connectivity index (χ4n) is 4.59. The Balaban J connectivity index is 1.54. The van der Waals surface area contributed by atoms with E-state index in [1.165, 1.54) is 22.3 Å². The minimum absolute atomic E-state index is 0.985. The third kappa shape index (κ3) is 5.91. The quantitative estimate of drug-likeness (QED) is 0.196. The lowest BCUT2D eigenvalue weighted by Crippen LogP contribution is -2.14. The Kier molecular flexibility index (Phi) is 7.77. The van der Waals surface area contributed by atoms with Crippen molar-refractivity contribution in [2.24, 2.45) is 0 Å². The van der Waals surface area contributed by atoms with Crippen LogP contribution < -0.4 is 4.90 Å². The number of hydrogen-bond donors (Lipinski definition) is 0. The maximum atomic E-state index is 4.24. The highest BCUT2D eigenvalue weighted by molar-refractivity contribution is 5.78. The third-order valence-corrected chi connectivity index (χ3v) is 6.56. The molecule has 0 atom stereocenters. The minimum Gasteiger partial charge on any atom is -0.314 e. The lowest BCUT2D eigenvalue weighted by Gasteiger charge is -2.27. The predicted molar refractivity (Wildman–Crippen MR) is 164 cm³/mol. The number of benzene rings is 5. The summed E-state index contributed by atoms with van der Waals surface area (Å²) >= 11 is 0. The first kappa shape index (κ1) is 24.8. The summed E-state index contributed by atoms with van der Waals surface area (Å²) in [5.74, 6) is 0. The number of hydrogen-bond acceptors (Lipinski definition) is 1. The molecule has 38 heavy (non-hydrogen) atoms. The molecule has 0 N–H and O–H groups in total. The van der Waals surface area contributed by atoms with Gasteiger partial charge in [0.1, 0.15) is 0 Å². The molecule has 0 bridgehead atoms. The van der Waals surface area contributed by atoms with E-state index >= 15 is 0 Å². The monoisotopic (exact) mass is 489 g/mol. The molecule has 0 saturated heterocycles. The summed E-state index contributed by atoms with van der Waals surface area (Å²) in [5, 5.41) is 0. The van der Waals surface area contributed by atoms with Crippen LogP contribution in [0.1, 0.15) is 12.5 Å². The summed E-state index contributed by atoms with van der Waals surface area (Å²) in [5.41, 5.74) is 10.2. The molecular weight excluding hydrogens is 458 g/mol. The first-order valence-electron chi connectivity index (χ1n) is 12.9. The van der Waals surface area contributed by atoms with Gasteiger partial charge in [-0.05, 0) is 70.7 Å². The lowest BCUT2D eigenvalue weighted by molar-refractivity contribution is 1.16. The van der Waals surface area contributed by atoms with Gasteiger partial charge < -0.3 is 4.90 Å². The Morgan fingerprint density at radius 3 is 1.50 bits per heavy atom. The van der Waals surface area contributed by atoms with Gasteiger partial charge in [0, 0.05) is 17.1 Å². The average Bonchev–Trinajstić information content (AvgIpc) is 2.99. The largest absolute Gasteiger partial charge is 0.314 e. The molecule has 0 aliphatic rings. The van der Waals surface area contributed by atoms with Crippen molar-refractivity contribution in [1.82, 2.24) is 0 Å². The van der Waals surface area contributed by atoms with Crippen molar-refractivity contribution in [3.63, 3.8) is 0 Å². The van der Waals surface area contributed by atoms with Gasteiger partial charge in [-0.2, -0.15) is 0 Å². The average molecular weight is 490 g/mol. The smallest absolute Gasteiger partial charge is 0.0464 e. The Morgan fingerprint density at radius 1 is 0.553 bits per heavy atom. The molecule has 0 saturated carbocycles. The lowest BCUT2D eigenvalue weighted by atomic mass is 10.0. The molecule has 0 unspecified atom stereocenters. The van der Waals surface area contributed by atoms with Crippen LogP contribution in [0.2, 0.25) is 0 Å². The zero-order chi connectivity index (χ0) is 26.2. The fourth-order valence-corrected chi connectivity index (χ4v) is 4.59. The molecule has 0 amide bonds. The van der Waals surface area contributed by atoms with Crippen LogP contribution in [0.5, 0.6) is 0 Å². The first-order chi connectivity index (χ1) is 18.7. The molecular formula is C37H31N. The van der Waals surface area contributed by atoms with Crippen molar-refractivity contribution in [1.29, 1.82) is 0 Å². The van der Waals surface area contributed by atoms with E-state index < -0.39 is 0 Å². The summed E-state index contributed by atoms with van der Waals surface area (Å²) in [7, 11) is 0. The molecule has 0 radical (unpaired) electrons. The highest BCUT2D eigenvalue weighted by Gasteiger charge is 2.13. The second-order valence-corrected chi connectivity index (χ2v) is 9.23. The molecule has 0 heterocycles.